The number of nitrogens with two attached hydrogens (primary N) is 1. The molecule has 0 saturated carbocycles. The molecule has 0 aliphatic heterocycles. The number of nitrogens with one attached hydrogen (secondary N) is 1. The summed E-state index contributed by atoms with van der Waals surface area (Å²) in [6.45, 7) is 1.19. The van der Waals surface area contributed by atoms with Gasteiger partial charge >= 0.3 is 6.18 Å². The van der Waals surface area contributed by atoms with Crippen molar-refractivity contribution in [3.05, 3.63) is 22.2 Å². The van der Waals surface area contributed by atoms with Gasteiger partial charge < -0.3 is 11.1 Å². The van der Waals surface area contributed by atoms with Crippen LogP contribution in [0.1, 0.15) is 12.5 Å². The van der Waals surface area contributed by atoms with Gasteiger partial charge in [-0.15, -0.1) is 0 Å². The normalized spacial score (nSPS) is 11.3. The van der Waals surface area contributed by atoms with Crippen LogP contribution in [0, 0.1) is 0 Å². The Morgan fingerprint density at radius 2 is 2.00 bits per heavy atom. The molecule has 0 fully saturated rings. The molecular formula is C9H8BrF3N2O. The molecule has 0 aromatic heterocycles. The van der Waals surface area contributed by atoms with Gasteiger partial charge in [0.25, 0.3) is 0 Å². The highest BCUT2D eigenvalue weighted by atomic mass is 79.9. The number of rotatable bonds is 1. The zero-order valence-corrected chi connectivity index (χ0v) is 9.74. The van der Waals surface area contributed by atoms with Crippen molar-refractivity contribution in [2.45, 2.75) is 13.1 Å². The minimum Gasteiger partial charge on any atom is -0.397 e. The third-order valence-electron chi connectivity index (χ3n) is 1.76. The van der Waals surface area contributed by atoms with Crippen molar-refractivity contribution in [2.24, 2.45) is 0 Å². The highest BCUT2D eigenvalue weighted by Gasteiger charge is 2.33. The van der Waals surface area contributed by atoms with E-state index in [1.165, 1.54) is 6.92 Å². The summed E-state index contributed by atoms with van der Waals surface area (Å²) in [5.74, 6) is -0.484. The van der Waals surface area contributed by atoms with E-state index in [1.807, 2.05) is 0 Å². The van der Waals surface area contributed by atoms with Crippen LogP contribution in [0.15, 0.2) is 16.6 Å². The molecule has 0 saturated heterocycles. The van der Waals surface area contributed by atoms with Crippen LogP contribution in [0.2, 0.25) is 0 Å². The fraction of sp³-hybridized carbons (Fsp3) is 0.222. The Morgan fingerprint density at radius 3 is 2.44 bits per heavy atom. The van der Waals surface area contributed by atoms with Crippen molar-refractivity contribution in [1.29, 1.82) is 0 Å². The van der Waals surface area contributed by atoms with Gasteiger partial charge in [0.2, 0.25) is 5.91 Å². The van der Waals surface area contributed by atoms with Crippen LogP contribution >= 0.6 is 15.9 Å². The van der Waals surface area contributed by atoms with Gasteiger partial charge in [0.15, 0.2) is 0 Å². The zero-order chi connectivity index (χ0) is 12.5. The first-order chi connectivity index (χ1) is 7.21. The predicted octanol–water partition coefficient (Wildman–Crippen LogP) is 3.01. The number of nitrogen functional groups attached to an aromatic ring is 1. The molecular weight excluding hydrogens is 289 g/mol. The molecule has 0 bridgehead atoms. The van der Waals surface area contributed by atoms with Crippen LogP contribution in [0.3, 0.4) is 0 Å². The molecule has 0 radical (unpaired) electrons. The SMILES string of the molecule is CC(=O)Nc1cc(C(F)(F)F)c(Br)cc1N. The first-order valence-electron chi connectivity index (χ1n) is 4.15. The lowest BCUT2D eigenvalue weighted by molar-refractivity contribution is -0.138. The Labute approximate surface area is 97.9 Å². The van der Waals surface area contributed by atoms with E-state index in [0.29, 0.717) is 0 Å². The zero-order valence-electron chi connectivity index (χ0n) is 8.15. The number of carbonyl (C=O) groups excluding carboxylic acids is 1. The lowest BCUT2D eigenvalue weighted by Crippen LogP contribution is -2.12. The molecule has 0 aliphatic carbocycles. The Bertz CT molecular complexity index is 431. The van der Waals surface area contributed by atoms with Gasteiger partial charge in [-0.25, -0.2) is 0 Å². The Hall–Kier alpha value is -1.24. The second-order valence-electron chi connectivity index (χ2n) is 3.10. The standard InChI is InChI=1S/C9H8BrF3N2O/c1-4(16)15-8-2-5(9(11,12)13)6(10)3-7(8)14/h2-3H,14H2,1H3,(H,15,16). The van der Waals surface area contributed by atoms with Crippen molar-refractivity contribution in [3.63, 3.8) is 0 Å². The van der Waals surface area contributed by atoms with Crippen molar-refractivity contribution >= 4 is 33.2 Å². The van der Waals surface area contributed by atoms with E-state index in [2.05, 4.69) is 21.2 Å². The van der Waals surface area contributed by atoms with Crippen molar-refractivity contribution < 1.29 is 18.0 Å². The fourth-order valence-electron chi connectivity index (χ4n) is 1.10. The number of amides is 1. The highest BCUT2D eigenvalue weighted by molar-refractivity contribution is 9.10. The minimum absolute atomic E-state index is 0.0528. The third kappa shape index (κ3) is 2.88. The second-order valence-corrected chi connectivity index (χ2v) is 3.95. The van der Waals surface area contributed by atoms with E-state index in [-0.39, 0.29) is 15.8 Å². The summed E-state index contributed by atoms with van der Waals surface area (Å²) in [7, 11) is 0. The van der Waals surface area contributed by atoms with Crippen LogP contribution in [0.4, 0.5) is 24.5 Å². The summed E-state index contributed by atoms with van der Waals surface area (Å²) in [6.07, 6.45) is -4.50. The van der Waals surface area contributed by atoms with Gasteiger partial charge in [-0.05, 0) is 12.1 Å². The van der Waals surface area contributed by atoms with E-state index in [9.17, 15) is 18.0 Å². The van der Waals surface area contributed by atoms with Crippen LogP contribution in [0.5, 0.6) is 0 Å². The van der Waals surface area contributed by atoms with E-state index in [0.717, 1.165) is 12.1 Å². The van der Waals surface area contributed by atoms with Crippen LogP contribution < -0.4 is 11.1 Å². The topological polar surface area (TPSA) is 55.1 Å². The monoisotopic (exact) mass is 296 g/mol. The van der Waals surface area contributed by atoms with E-state index in [4.69, 9.17) is 5.73 Å². The number of hydrogen-bond donors (Lipinski definition) is 2. The summed E-state index contributed by atoms with van der Waals surface area (Å²) in [5.41, 5.74) is 4.60. The summed E-state index contributed by atoms with van der Waals surface area (Å²) >= 11 is 2.77. The number of halogens is 4. The number of alkyl halides is 3. The van der Waals surface area contributed by atoms with Crippen LogP contribution in [0.25, 0.3) is 0 Å². The lowest BCUT2D eigenvalue weighted by Gasteiger charge is -2.13. The molecule has 3 N–H and O–H groups in total. The molecule has 1 aromatic rings. The van der Waals surface area contributed by atoms with Gasteiger partial charge in [0, 0.05) is 11.4 Å². The molecule has 7 heteroatoms. The quantitative estimate of drug-likeness (QED) is 0.783. The molecule has 0 spiro atoms. The van der Waals surface area contributed by atoms with Crippen molar-refractivity contribution in [2.75, 3.05) is 11.1 Å². The molecule has 3 nitrogen and oxygen atoms in total. The molecule has 88 valence electrons. The summed E-state index contributed by atoms with van der Waals surface area (Å²) < 4.78 is 37.4. The average Bonchev–Trinajstić information content (AvgIpc) is 2.06. The smallest absolute Gasteiger partial charge is 0.397 e. The number of carbonyl (C=O) groups is 1. The van der Waals surface area contributed by atoms with Gasteiger partial charge in [-0.1, -0.05) is 15.9 Å². The van der Waals surface area contributed by atoms with Gasteiger partial charge in [0.05, 0.1) is 16.9 Å². The van der Waals surface area contributed by atoms with E-state index in [1.54, 1.807) is 0 Å². The maximum atomic E-state index is 12.5. The number of benzene rings is 1. The molecule has 0 unspecified atom stereocenters. The third-order valence-corrected chi connectivity index (χ3v) is 2.41. The van der Waals surface area contributed by atoms with Gasteiger partial charge in [0.1, 0.15) is 0 Å². The Kier molecular flexibility index (Phi) is 3.47. The average molecular weight is 297 g/mol. The maximum Gasteiger partial charge on any atom is 0.417 e. The largest absolute Gasteiger partial charge is 0.417 e. The molecule has 16 heavy (non-hydrogen) atoms. The second kappa shape index (κ2) is 4.32. The first-order valence-corrected chi connectivity index (χ1v) is 4.95. The number of hydrogen-bond acceptors (Lipinski definition) is 2. The first kappa shape index (κ1) is 12.8. The Morgan fingerprint density at radius 1 is 1.44 bits per heavy atom. The van der Waals surface area contributed by atoms with E-state index < -0.39 is 17.6 Å². The molecule has 0 heterocycles. The van der Waals surface area contributed by atoms with Crippen LogP contribution in [-0.2, 0) is 11.0 Å². The number of anilines is 2. The molecule has 1 amide bonds. The fourth-order valence-corrected chi connectivity index (χ4v) is 1.69. The summed E-state index contributed by atoms with van der Waals surface area (Å²) in [5, 5.41) is 2.23. The van der Waals surface area contributed by atoms with Crippen molar-refractivity contribution in [3.8, 4) is 0 Å². The van der Waals surface area contributed by atoms with Crippen molar-refractivity contribution in [1.82, 2.24) is 0 Å². The van der Waals surface area contributed by atoms with Gasteiger partial charge in [-0.3, -0.25) is 4.79 Å². The predicted molar refractivity (Wildman–Crippen MR) is 57.9 cm³/mol. The van der Waals surface area contributed by atoms with E-state index >= 15 is 0 Å². The molecule has 1 aromatic carbocycles. The maximum absolute atomic E-state index is 12.5. The van der Waals surface area contributed by atoms with Crippen LogP contribution in [-0.4, -0.2) is 5.91 Å². The summed E-state index contributed by atoms with van der Waals surface area (Å²) in [6, 6.07) is 1.90. The highest BCUT2D eigenvalue weighted by Crippen LogP contribution is 2.38. The minimum atomic E-state index is -4.50. The van der Waals surface area contributed by atoms with Gasteiger partial charge in [-0.2, -0.15) is 13.2 Å². The molecule has 0 aliphatic rings. The molecule has 0 atom stereocenters. The lowest BCUT2D eigenvalue weighted by atomic mass is 10.1. The summed E-state index contributed by atoms with van der Waals surface area (Å²) in [4.78, 5) is 10.8. The Balaban J connectivity index is 3.27. The molecule has 1 rings (SSSR count).